The fraction of sp³-hybridized carbons (Fsp3) is 0.263. The molecule has 1 aliphatic heterocycles. The summed E-state index contributed by atoms with van der Waals surface area (Å²) in [6.45, 7) is 0.718. The monoisotopic (exact) mass is 422 g/mol. The van der Waals surface area contributed by atoms with Crippen molar-refractivity contribution < 1.29 is 31.6 Å². The van der Waals surface area contributed by atoms with Crippen molar-refractivity contribution in [3.05, 3.63) is 60.0 Å². The molecule has 1 saturated heterocycles. The Labute approximate surface area is 167 Å². The average Bonchev–Trinajstić information content (AvgIpc) is 3.39. The van der Waals surface area contributed by atoms with Crippen LogP contribution in [0.25, 0.3) is 11.4 Å². The molecule has 1 atom stereocenters. The number of aromatic nitrogens is 3. The number of nitrogens with zero attached hydrogens (tertiary/aromatic N) is 4. The van der Waals surface area contributed by atoms with Gasteiger partial charge in [0, 0.05) is 30.9 Å². The van der Waals surface area contributed by atoms with Crippen LogP contribution in [-0.2, 0) is 6.18 Å². The Kier molecular flexibility index (Phi) is 5.10. The maximum atomic E-state index is 14.4. The third-order valence-corrected chi connectivity index (χ3v) is 4.49. The first-order valence-corrected chi connectivity index (χ1v) is 8.88. The van der Waals surface area contributed by atoms with E-state index in [2.05, 4.69) is 19.6 Å². The van der Waals surface area contributed by atoms with Crippen LogP contribution in [0.4, 0.5) is 17.6 Å². The second-order valence-electron chi connectivity index (χ2n) is 6.59. The van der Waals surface area contributed by atoms with Gasteiger partial charge in [-0.05, 0) is 30.3 Å². The van der Waals surface area contributed by atoms with E-state index in [0.29, 0.717) is 18.5 Å². The highest BCUT2D eigenvalue weighted by molar-refractivity contribution is 5.94. The Morgan fingerprint density at radius 3 is 2.77 bits per heavy atom. The standard InChI is InChI=1S/C19H14F4N4O3/c20-14-8-11(16-25-18(30-26-16)19(21,22)23)3-4-15(14)29-13-5-7-27(10-13)17(28)12-2-1-6-24-9-12/h1-4,6,8-9,13H,5,7,10H2/t13-/m0/s1. The molecule has 3 heterocycles. The zero-order valence-corrected chi connectivity index (χ0v) is 15.3. The third kappa shape index (κ3) is 4.09. The first-order valence-electron chi connectivity index (χ1n) is 8.88. The number of carbonyl (C=O) groups excluding carboxylic acids is 1. The van der Waals surface area contributed by atoms with E-state index in [4.69, 9.17) is 4.74 Å². The van der Waals surface area contributed by atoms with E-state index in [1.807, 2.05) is 0 Å². The molecule has 0 aliphatic carbocycles. The molecule has 0 saturated carbocycles. The second kappa shape index (κ2) is 7.73. The summed E-state index contributed by atoms with van der Waals surface area (Å²) in [5.41, 5.74) is 0.464. The molecule has 1 amide bonds. The predicted octanol–water partition coefficient (Wildman–Crippen LogP) is 3.58. The van der Waals surface area contributed by atoms with Crippen LogP contribution in [0.2, 0.25) is 0 Å². The Bertz CT molecular complexity index is 1060. The van der Waals surface area contributed by atoms with Crippen molar-refractivity contribution in [2.75, 3.05) is 13.1 Å². The van der Waals surface area contributed by atoms with E-state index in [1.54, 1.807) is 23.2 Å². The summed E-state index contributed by atoms with van der Waals surface area (Å²) in [7, 11) is 0. The quantitative estimate of drug-likeness (QED) is 0.598. The van der Waals surface area contributed by atoms with E-state index < -0.39 is 24.0 Å². The molecular formula is C19H14F4N4O3. The lowest BCUT2D eigenvalue weighted by Gasteiger charge is -2.17. The topological polar surface area (TPSA) is 81.4 Å². The molecule has 1 fully saturated rings. The number of rotatable bonds is 4. The number of likely N-dealkylation sites (tertiary alicyclic amines) is 1. The lowest BCUT2D eigenvalue weighted by Crippen LogP contribution is -2.31. The van der Waals surface area contributed by atoms with E-state index in [-0.39, 0.29) is 29.6 Å². The molecule has 11 heteroatoms. The highest BCUT2D eigenvalue weighted by Crippen LogP contribution is 2.31. The molecule has 156 valence electrons. The number of alkyl halides is 3. The molecule has 0 N–H and O–H groups in total. The Balaban J connectivity index is 1.42. The zero-order valence-electron chi connectivity index (χ0n) is 15.3. The van der Waals surface area contributed by atoms with Crippen LogP contribution in [0, 0.1) is 5.82 Å². The van der Waals surface area contributed by atoms with Crippen LogP contribution in [0.1, 0.15) is 22.7 Å². The van der Waals surface area contributed by atoms with Gasteiger partial charge in [0.25, 0.3) is 5.91 Å². The SMILES string of the molecule is O=C(c1cccnc1)N1CC[C@H](Oc2ccc(-c3noc(C(F)(F)F)n3)cc2F)C1. The van der Waals surface area contributed by atoms with Gasteiger partial charge in [0.2, 0.25) is 5.82 Å². The number of benzene rings is 1. The van der Waals surface area contributed by atoms with Crippen LogP contribution >= 0.6 is 0 Å². The largest absolute Gasteiger partial charge is 0.485 e. The summed E-state index contributed by atoms with van der Waals surface area (Å²) in [6.07, 6.45) is -1.66. The van der Waals surface area contributed by atoms with Crippen molar-refractivity contribution in [3.63, 3.8) is 0 Å². The third-order valence-electron chi connectivity index (χ3n) is 4.49. The van der Waals surface area contributed by atoms with Crippen molar-refractivity contribution in [2.24, 2.45) is 0 Å². The Morgan fingerprint density at radius 2 is 2.10 bits per heavy atom. The minimum absolute atomic E-state index is 0.0129. The fourth-order valence-corrected chi connectivity index (χ4v) is 3.05. The van der Waals surface area contributed by atoms with Crippen LogP contribution in [0.5, 0.6) is 5.75 Å². The summed E-state index contributed by atoms with van der Waals surface area (Å²) in [4.78, 5) is 21.2. The number of halogens is 4. The Hall–Kier alpha value is -3.50. The number of hydrogen-bond acceptors (Lipinski definition) is 6. The molecule has 7 nitrogen and oxygen atoms in total. The number of carbonyl (C=O) groups is 1. The fourth-order valence-electron chi connectivity index (χ4n) is 3.05. The van der Waals surface area contributed by atoms with E-state index in [1.165, 1.54) is 18.3 Å². The van der Waals surface area contributed by atoms with E-state index in [9.17, 15) is 22.4 Å². The summed E-state index contributed by atoms with van der Waals surface area (Å²) in [6, 6.07) is 6.89. The molecule has 4 rings (SSSR count). The summed E-state index contributed by atoms with van der Waals surface area (Å²) in [5, 5.41) is 3.22. The molecule has 1 aliphatic rings. The van der Waals surface area contributed by atoms with Crippen molar-refractivity contribution in [2.45, 2.75) is 18.7 Å². The van der Waals surface area contributed by atoms with Gasteiger partial charge in [-0.15, -0.1) is 0 Å². The smallest absolute Gasteiger partial charge is 0.471 e. The van der Waals surface area contributed by atoms with Crippen LogP contribution in [-0.4, -0.2) is 45.1 Å². The summed E-state index contributed by atoms with van der Waals surface area (Å²) >= 11 is 0. The molecule has 1 aromatic carbocycles. The lowest BCUT2D eigenvalue weighted by molar-refractivity contribution is -0.159. The molecule has 0 radical (unpaired) electrons. The van der Waals surface area contributed by atoms with Gasteiger partial charge in [-0.3, -0.25) is 9.78 Å². The van der Waals surface area contributed by atoms with Crippen molar-refractivity contribution in [3.8, 4) is 17.1 Å². The number of ether oxygens (including phenoxy) is 1. The van der Waals surface area contributed by atoms with Crippen molar-refractivity contribution in [1.82, 2.24) is 20.0 Å². The van der Waals surface area contributed by atoms with Crippen LogP contribution < -0.4 is 4.74 Å². The molecule has 3 aromatic rings. The second-order valence-corrected chi connectivity index (χ2v) is 6.59. The predicted molar refractivity (Wildman–Crippen MR) is 93.9 cm³/mol. The molecule has 2 aromatic heterocycles. The van der Waals surface area contributed by atoms with Gasteiger partial charge in [0.15, 0.2) is 11.6 Å². The maximum absolute atomic E-state index is 14.4. The van der Waals surface area contributed by atoms with Crippen molar-refractivity contribution >= 4 is 5.91 Å². The molecule has 0 spiro atoms. The van der Waals surface area contributed by atoms with Gasteiger partial charge in [0.1, 0.15) is 6.10 Å². The van der Waals surface area contributed by atoms with E-state index >= 15 is 0 Å². The van der Waals surface area contributed by atoms with Gasteiger partial charge >= 0.3 is 12.1 Å². The average molecular weight is 422 g/mol. The van der Waals surface area contributed by atoms with Gasteiger partial charge in [-0.25, -0.2) is 4.39 Å². The number of hydrogen-bond donors (Lipinski definition) is 0. The highest BCUT2D eigenvalue weighted by Gasteiger charge is 2.38. The van der Waals surface area contributed by atoms with E-state index in [0.717, 1.165) is 6.07 Å². The highest BCUT2D eigenvalue weighted by atomic mass is 19.4. The maximum Gasteiger partial charge on any atom is 0.471 e. The van der Waals surface area contributed by atoms with Gasteiger partial charge in [-0.1, -0.05) is 5.16 Å². The van der Waals surface area contributed by atoms with Crippen molar-refractivity contribution in [1.29, 1.82) is 0 Å². The molecular weight excluding hydrogens is 408 g/mol. The lowest BCUT2D eigenvalue weighted by atomic mass is 10.2. The minimum Gasteiger partial charge on any atom is -0.485 e. The first-order chi connectivity index (χ1) is 14.3. The summed E-state index contributed by atoms with van der Waals surface area (Å²) < 4.78 is 61.9. The van der Waals surface area contributed by atoms with Gasteiger partial charge < -0.3 is 14.2 Å². The summed E-state index contributed by atoms with van der Waals surface area (Å²) in [5.74, 6) is -2.96. The number of pyridine rings is 1. The zero-order chi connectivity index (χ0) is 21.3. The van der Waals surface area contributed by atoms with Gasteiger partial charge in [0.05, 0.1) is 12.1 Å². The Morgan fingerprint density at radius 1 is 1.27 bits per heavy atom. The van der Waals surface area contributed by atoms with Crippen LogP contribution in [0.15, 0.2) is 47.2 Å². The molecule has 0 unspecified atom stereocenters. The normalized spacial score (nSPS) is 16.7. The number of amides is 1. The van der Waals surface area contributed by atoms with Gasteiger partial charge in [-0.2, -0.15) is 18.2 Å². The molecule has 0 bridgehead atoms. The first kappa shape index (κ1) is 19.8. The minimum atomic E-state index is -4.78. The van der Waals surface area contributed by atoms with Crippen LogP contribution in [0.3, 0.4) is 0 Å². The molecule has 30 heavy (non-hydrogen) atoms.